The molecule has 4 aromatic rings. The molecule has 0 bridgehead atoms. The lowest BCUT2D eigenvalue weighted by Gasteiger charge is -2.10. The quantitative estimate of drug-likeness (QED) is 0.378. The molecule has 0 radical (unpaired) electrons. The Balaban J connectivity index is 1.38. The van der Waals surface area contributed by atoms with Gasteiger partial charge in [0.25, 0.3) is 0 Å². The fourth-order valence-corrected chi connectivity index (χ4v) is 4.24. The van der Waals surface area contributed by atoms with Crippen molar-refractivity contribution in [2.24, 2.45) is 0 Å². The van der Waals surface area contributed by atoms with Crippen molar-refractivity contribution in [3.05, 3.63) is 76.8 Å². The van der Waals surface area contributed by atoms with E-state index in [-0.39, 0.29) is 5.82 Å². The van der Waals surface area contributed by atoms with Crippen molar-refractivity contribution < 1.29 is 13.9 Å². The van der Waals surface area contributed by atoms with Crippen LogP contribution in [0.15, 0.2) is 65.4 Å². The molecule has 148 valence electrons. The standard InChI is InChI=1S/C20H17FN4O2S2/c1-26-18-5-3-2-4-17(18)25-13-22-24-20(25)29-12-15-11-28-19(23-15)10-27-16-8-6-14(21)7-9-16/h2-9,11,13H,10,12H2,1H3. The number of hydrogen-bond acceptors (Lipinski definition) is 7. The van der Waals surface area contributed by atoms with Gasteiger partial charge < -0.3 is 9.47 Å². The lowest BCUT2D eigenvalue weighted by Crippen LogP contribution is -1.99. The Hall–Kier alpha value is -2.91. The number of benzene rings is 2. The first-order valence-corrected chi connectivity index (χ1v) is 10.6. The number of halogens is 1. The summed E-state index contributed by atoms with van der Waals surface area (Å²) in [7, 11) is 1.64. The summed E-state index contributed by atoms with van der Waals surface area (Å²) < 4.78 is 25.9. The molecule has 0 N–H and O–H groups in total. The zero-order valence-corrected chi connectivity index (χ0v) is 17.1. The van der Waals surface area contributed by atoms with Crippen LogP contribution in [0.4, 0.5) is 4.39 Å². The van der Waals surface area contributed by atoms with Crippen LogP contribution in [0.25, 0.3) is 5.69 Å². The SMILES string of the molecule is COc1ccccc1-n1cnnc1SCc1csc(COc2ccc(F)cc2)n1. The van der Waals surface area contributed by atoms with E-state index in [1.807, 2.05) is 34.2 Å². The maximum absolute atomic E-state index is 12.9. The summed E-state index contributed by atoms with van der Waals surface area (Å²) in [6.07, 6.45) is 1.67. The monoisotopic (exact) mass is 428 g/mol. The van der Waals surface area contributed by atoms with Crippen molar-refractivity contribution in [2.45, 2.75) is 17.5 Å². The molecule has 6 nitrogen and oxygen atoms in total. The van der Waals surface area contributed by atoms with Crippen LogP contribution >= 0.6 is 23.1 Å². The van der Waals surface area contributed by atoms with Gasteiger partial charge in [0.15, 0.2) is 5.16 Å². The maximum Gasteiger partial charge on any atom is 0.196 e. The Bertz CT molecular complexity index is 1080. The van der Waals surface area contributed by atoms with Crippen molar-refractivity contribution in [1.82, 2.24) is 19.7 Å². The van der Waals surface area contributed by atoms with E-state index in [4.69, 9.17) is 9.47 Å². The van der Waals surface area contributed by atoms with Crippen LogP contribution in [-0.4, -0.2) is 26.9 Å². The van der Waals surface area contributed by atoms with Gasteiger partial charge in [0, 0.05) is 11.1 Å². The van der Waals surface area contributed by atoms with Crippen LogP contribution in [0, 0.1) is 5.82 Å². The zero-order valence-electron chi connectivity index (χ0n) is 15.5. The second kappa shape index (κ2) is 9.06. The summed E-state index contributed by atoms with van der Waals surface area (Å²) in [5.41, 5.74) is 1.82. The molecule has 0 saturated carbocycles. The molecule has 9 heteroatoms. The molecule has 4 rings (SSSR count). The molecule has 29 heavy (non-hydrogen) atoms. The van der Waals surface area contributed by atoms with Gasteiger partial charge in [0.1, 0.15) is 35.3 Å². The minimum absolute atomic E-state index is 0.285. The number of thiazole rings is 1. The third-order valence-corrected chi connectivity index (χ3v) is 5.83. The van der Waals surface area contributed by atoms with Crippen LogP contribution in [0.2, 0.25) is 0 Å². The van der Waals surface area contributed by atoms with Crippen molar-refractivity contribution >= 4 is 23.1 Å². The highest BCUT2D eigenvalue weighted by Crippen LogP contribution is 2.28. The number of rotatable bonds is 8. The van der Waals surface area contributed by atoms with Crippen molar-refractivity contribution in [3.8, 4) is 17.2 Å². The second-order valence-corrected chi connectivity index (χ2v) is 7.80. The van der Waals surface area contributed by atoms with Gasteiger partial charge in [-0.2, -0.15) is 0 Å². The molecule has 0 aliphatic carbocycles. The average molecular weight is 429 g/mol. The topological polar surface area (TPSA) is 62.1 Å². The van der Waals surface area contributed by atoms with E-state index in [0.717, 1.165) is 27.3 Å². The highest BCUT2D eigenvalue weighted by Gasteiger charge is 2.12. The van der Waals surface area contributed by atoms with Gasteiger partial charge >= 0.3 is 0 Å². The Morgan fingerprint density at radius 3 is 2.79 bits per heavy atom. The van der Waals surface area contributed by atoms with E-state index >= 15 is 0 Å². The summed E-state index contributed by atoms with van der Waals surface area (Å²) in [6, 6.07) is 13.7. The molecule has 2 heterocycles. The molecule has 0 unspecified atom stereocenters. The molecular weight excluding hydrogens is 411 g/mol. The van der Waals surface area contributed by atoms with Crippen molar-refractivity contribution in [3.63, 3.8) is 0 Å². The molecule has 0 amide bonds. The normalized spacial score (nSPS) is 10.8. The van der Waals surface area contributed by atoms with E-state index in [1.165, 1.54) is 23.5 Å². The molecule has 0 aliphatic heterocycles. The first kappa shape index (κ1) is 19.4. The van der Waals surface area contributed by atoms with E-state index in [2.05, 4.69) is 15.2 Å². The number of thioether (sulfide) groups is 1. The van der Waals surface area contributed by atoms with Crippen LogP contribution in [0.1, 0.15) is 10.7 Å². The zero-order chi connectivity index (χ0) is 20.1. The Kier molecular flexibility index (Phi) is 6.06. The predicted molar refractivity (Wildman–Crippen MR) is 110 cm³/mol. The molecule has 2 aromatic carbocycles. The second-order valence-electron chi connectivity index (χ2n) is 5.92. The molecule has 0 spiro atoms. The molecule has 0 fully saturated rings. The van der Waals surface area contributed by atoms with Crippen LogP contribution < -0.4 is 9.47 Å². The molecule has 2 aromatic heterocycles. The van der Waals surface area contributed by atoms with Gasteiger partial charge in [0.05, 0.1) is 18.5 Å². The third kappa shape index (κ3) is 4.75. The van der Waals surface area contributed by atoms with Gasteiger partial charge in [-0.1, -0.05) is 23.9 Å². The number of hydrogen-bond donors (Lipinski definition) is 0. The molecule has 0 atom stereocenters. The summed E-state index contributed by atoms with van der Waals surface area (Å²) in [5.74, 6) is 1.73. The van der Waals surface area contributed by atoms with Crippen molar-refractivity contribution in [2.75, 3.05) is 7.11 Å². The first-order chi connectivity index (χ1) is 14.2. The fraction of sp³-hybridized carbons (Fsp3) is 0.150. The molecule has 0 saturated heterocycles. The van der Waals surface area contributed by atoms with Crippen LogP contribution in [-0.2, 0) is 12.4 Å². The predicted octanol–water partition coefficient (Wildman–Crippen LogP) is 4.74. The first-order valence-electron chi connectivity index (χ1n) is 8.71. The minimum Gasteiger partial charge on any atom is -0.495 e. The van der Waals surface area contributed by atoms with Gasteiger partial charge in [0.2, 0.25) is 0 Å². The fourth-order valence-electron chi connectivity index (χ4n) is 2.61. The van der Waals surface area contributed by atoms with E-state index in [0.29, 0.717) is 18.1 Å². The molecular formula is C20H17FN4O2S2. The molecule has 0 aliphatic rings. The number of aromatic nitrogens is 4. The van der Waals surface area contributed by atoms with Gasteiger partial charge in [-0.3, -0.25) is 4.57 Å². The highest BCUT2D eigenvalue weighted by atomic mass is 32.2. The maximum atomic E-state index is 12.9. The summed E-state index contributed by atoms with van der Waals surface area (Å²) in [4.78, 5) is 4.59. The Morgan fingerprint density at radius 1 is 1.14 bits per heavy atom. The number of para-hydroxylation sites is 2. The van der Waals surface area contributed by atoms with E-state index in [9.17, 15) is 4.39 Å². The van der Waals surface area contributed by atoms with Gasteiger partial charge in [-0.15, -0.1) is 21.5 Å². The summed E-state index contributed by atoms with van der Waals surface area (Å²) in [6.45, 7) is 0.346. The van der Waals surface area contributed by atoms with Crippen LogP contribution in [0.3, 0.4) is 0 Å². The average Bonchev–Trinajstić information content (AvgIpc) is 3.41. The van der Waals surface area contributed by atoms with E-state index in [1.54, 1.807) is 37.3 Å². The summed E-state index contributed by atoms with van der Waals surface area (Å²) in [5, 5.41) is 11.9. The Morgan fingerprint density at radius 2 is 1.97 bits per heavy atom. The summed E-state index contributed by atoms with van der Waals surface area (Å²) >= 11 is 3.08. The van der Waals surface area contributed by atoms with Gasteiger partial charge in [-0.05, 0) is 36.4 Å². The Labute approximate surface area is 175 Å². The smallest absolute Gasteiger partial charge is 0.196 e. The number of methoxy groups -OCH3 is 1. The lowest BCUT2D eigenvalue weighted by molar-refractivity contribution is 0.305. The highest BCUT2D eigenvalue weighted by molar-refractivity contribution is 7.98. The third-order valence-electron chi connectivity index (χ3n) is 3.99. The minimum atomic E-state index is -0.285. The van der Waals surface area contributed by atoms with E-state index < -0.39 is 0 Å². The van der Waals surface area contributed by atoms with Gasteiger partial charge in [-0.25, -0.2) is 9.37 Å². The van der Waals surface area contributed by atoms with Crippen LogP contribution in [0.5, 0.6) is 11.5 Å². The van der Waals surface area contributed by atoms with Crippen molar-refractivity contribution in [1.29, 1.82) is 0 Å². The number of nitrogens with zero attached hydrogens (tertiary/aromatic N) is 4. The lowest BCUT2D eigenvalue weighted by atomic mass is 10.3. The largest absolute Gasteiger partial charge is 0.495 e. The number of ether oxygens (including phenoxy) is 2.